The van der Waals surface area contributed by atoms with Crippen LogP contribution < -0.4 is 5.32 Å². The molecule has 1 aliphatic heterocycles. The van der Waals surface area contributed by atoms with E-state index >= 15 is 0 Å². The Labute approximate surface area is 118 Å². The second-order valence-corrected chi connectivity index (χ2v) is 5.61. The van der Waals surface area contributed by atoms with Gasteiger partial charge in [-0.1, -0.05) is 13.8 Å². The highest BCUT2D eigenvalue weighted by Crippen LogP contribution is 2.15. The quantitative estimate of drug-likeness (QED) is 0.893. The molecule has 0 aromatic carbocycles. The monoisotopic (exact) mass is 275 g/mol. The Morgan fingerprint density at radius 1 is 1.40 bits per heavy atom. The van der Waals surface area contributed by atoms with Crippen molar-refractivity contribution in [1.82, 2.24) is 25.0 Å². The molecule has 0 atom stereocenters. The largest absolute Gasteiger partial charge is 0.468 e. The number of aromatic nitrogens is 3. The molecule has 0 amide bonds. The highest BCUT2D eigenvalue weighted by atomic mass is 16.3. The number of hydrogen-bond acceptors (Lipinski definition) is 5. The van der Waals surface area contributed by atoms with Crippen LogP contribution in [0.15, 0.2) is 23.1 Å². The van der Waals surface area contributed by atoms with Gasteiger partial charge in [0.25, 0.3) is 0 Å². The summed E-state index contributed by atoms with van der Waals surface area (Å²) in [4.78, 5) is 2.34. The molecule has 0 saturated heterocycles. The zero-order valence-electron chi connectivity index (χ0n) is 12.0. The van der Waals surface area contributed by atoms with Gasteiger partial charge in [0.15, 0.2) is 0 Å². The van der Waals surface area contributed by atoms with Gasteiger partial charge < -0.3 is 14.3 Å². The van der Waals surface area contributed by atoms with Crippen molar-refractivity contribution in [2.45, 2.75) is 46.1 Å². The molecule has 2 aromatic rings. The summed E-state index contributed by atoms with van der Waals surface area (Å²) in [6.45, 7) is 8.76. The minimum atomic E-state index is 0.488. The van der Waals surface area contributed by atoms with Gasteiger partial charge in [-0.3, -0.25) is 4.90 Å². The second kappa shape index (κ2) is 5.76. The van der Waals surface area contributed by atoms with Crippen LogP contribution in [0.1, 0.15) is 31.0 Å². The van der Waals surface area contributed by atoms with E-state index < -0.39 is 0 Å². The van der Waals surface area contributed by atoms with Gasteiger partial charge in [-0.05, 0) is 6.07 Å². The van der Waals surface area contributed by atoms with Crippen molar-refractivity contribution in [2.75, 3.05) is 6.54 Å². The van der Waals surface area contributed by atoms with Crippen LogP contribution in [0.25, 0.3) is 0 Å². The molecule has 6 nitrogen and oxygen atoms in total. The van der Waals surface area contributed by atoms with Gasteiger partial charge >= 0.3 is 0 Å². The van der Waals surface area contributed by atoms with Crippen molar-refractivity contribution in [3.63, 3.8) is 0 Å². The third-order valence-corrected chi connectivity index (χ3v) is 3.52. The van der Waals surface area contributed by atoms with Crippen LogP contribution in [-0.2, 0) is 26.2 Å². The number of furan rings is 1. The Hall–Kier alpha value is -1.66. The van der Waals surface area contributed by atoms with Gasteiger partial charge in [0.2, 0.25) is 0 Å². The molecule has 1 aliphatic rings. The number of fused-ring (bicyclic) bond motifs is 1. The predicted octanol–water partition coefficient (Wildman–Crippen LogP) is 1.38. The van der Waals surface area contributed by atoms with Crippen LogP contribution in [0.4, 0.5) is 0 Å². The summed E-state index contributed by atoms with van der Waals surface area (Å²) < 4.78 is 7.75. The summed E-state index contributed by atoms with van der Waals surface area (Å²) in [5, 5.41) is 11.5. The Morgan fingerprint density at radius 2 is 2.30 bits per heavy atom. The fourth-order valence-corrected chi connectivity index (χ4v) is 2.40. The molecule has 0 radical (unpaired) electrons. The third-order valence-electron chi connectivity index (χ3n) is 3.52. The van der Waals surface area contributed by atoms with Gasteiger partial charge in [0.05, 0.1) is 19.4 Å². The molecule has 3 heterocycles. The lowest BCUT2D eigenvalue weighted by Crippen LogP contribution is -2.33. The van der Waals surface area contributed by atoms with E-state index in [1.807, 2.05) is 6.26 Å². The van der Waals surface area contributed by atoms with Crippen molar-refractivity contribution in [3.05, 3.63) is 35.8 Å². The molecule has 2 aromatic heterocycles. The Balaban J connectivity index is 1.56. The van der Waals surface area contributed by atoms with Crippen molar-refractivity contribution in [2.24, 2.45) is 0 Å². The zero-order chi connectivity index (χ0) is 13.9. The van der Waals surface area contributed by atoms with Crippen LogP contribution >= 0.6 is 0 Å². The number of nitrogens with one attached hydrogen (secondary N) is 1. The fraction of sp³-hybridized carbons (Fsp3) is 0.571. The lowest BCUT2D eigenvalue weighted by Gasteiger charge is -2.25. The molecule has 0 aliphatic carbocycles. The minimum absolute atomic E-state index is 0.488. The van der Waals surface area contributed by atoms with Gasteiger partial charge in [0.1, 0.15) is 17.9 Å². The Morgan fingerprint density at radius 3 is 3.15 bits per heavy atom. The number of nitrogens with zero attached hydrogens (tertiary/aromatic N) is 4. The second-order valence-electron chi connectivity index (χ2n) is 5.61. The summed E-state index contributed by atoms with van der Waals surface area (Å²) in [5.41, 5.74) is 1.20. The van der Waals surface area contributed by atoms with Gasteiger partial charge in [-0.2, -0.15) is 0 Å². The molecule has 6 heteroatoms. The lowest BCUT2D eigenvalue weighted by atomic mass is 10.2. The molecule has 3 rings (SSSR count). The van der Waals surface area contributed by atoms with E-state index in [-0.39, 0.29) is 0 Å². The first kappa shape index (κ1) is 13.3. The average Bonchev–Trinajstić information content (AvgIpc) is 3.04. The number of hydrogen-bond donors (Lipinski definition) is 1. The van der Waals surface area contributed by atoms with Crippen molar-refractivity contribution < 1.29 is 4.42 Å². The maximum Gasteiger partial charge on any atom is 0.147 e. The van der Waals surface area contributed by atoms with Crippen molar-refractivity contribution >= 4 is 0 Å². The fourth-order valence-electron chi connectivity index (χ4n) is 2.40. The van der Waals surface area contributed by atoms with Crippen LogP contribution in [0.3, 0.4) is 0 Å². The standard InChI is InChI=1S/C14H21N5O/c1-11(2)15-6-12-5-13(20-9-12)7-18-3-4-19-10-16-17-14(19)8-18/h5,9-11,15H,3-4,6-8H2,1-2H3. The van der Waals surface area contributed by atoms with Crippen LogP contribution in [-0.4, -0.2) is 32.3 Å². The Bertz CT molecular complexity index is 559. The maximum atomic E-state index is 5.64. The highest BCUT2D eigenvalue weighted by molar-refractivity contribution is 5.13. The lowest BCUT2D eigenvalue weighted by molar-refractivity contribution is 0.194. The van der Waals surface area contributed by atoms with E-state index in [1.165, 1.54) is 5.56 Å². The van der Waals surface area contributed by atoms with Crippen LogP contribution in [0.2, 0.25) is 0 Å². The zero-order valence-corrected chi connectivity index (χ0v) is 12.0. The van der Waals surface area contributed by atoms with E-state index in [4.69, 9.17) is 4.42 Å². The molecule has 0 bridgehead atoms. The van der Waals surface area contributed by atoms with E-state index in [1.54, 1.807) is 6.33 Å². The molecule has 0 unspecified atom stereocenters. The van der Waals surface area contributed by atoms with Crippen LogP contribution in [0.5, 0.6) is 0 Å². The van der Waals surface area contributed by atoms with E-state index in [0.29, 0.717) is 6.04 Å². The molecule has 0 fully saturated rings. The first-order chi connectivity index (χ1) is 9.70. The van der Waals surface area contributed by atoms with E-state index in [9.17, 15) is 0 Å². The molecule has 0 saturated carbocycles. The summed E-state index contributed by atoms with van der Waals surface area (Å²) in [5.74, 6) is 2.04. The van der Waals surface area contributed by atoms with E-state index in [0.717, 1.165) is 44.3 Å². The molecule has 108 valence electrons. The molecule has 20 heavy (non-hydrogen) atoms. The highest BCUT2D eigenvalue weighted by Gasteiger charge is 2.18. The summed E-state index contributed by atoms with van der Waals surface area (Å²) in [6.07, 6.45) is 3.65. The molecular formula is C14H21N5O. The molecule has 0 spiro atoms. The average molecular weight is 275 g/mol. The minimum Gasteiger partial charge on any atom is -0.468 e. The SMILES string of the molecule is CC(C)NCc1coc(CN2CCn3cnnc3C2)c1. The summed E-state index contributed by atoms with van der Waals surface area (Å²) in [6, 6.07) is 2.62. The first-order valence-electron chi connectivity index (χ1n) is 7.09. The molecule has 1 N–H and O–H groups in total. The molecular weight excluding hydrogens is 254 g/mol. The normalized spacial score (nSPS) is 15.8. The van der Waals surface area contributed by atoms with Gasteiger partial charge in [-0.25, -0.2) is 0 Å². The van der Waals surface area contributed by atoms with E-state index in [2.05, 4.69) is 44.9 Å². The third kappa shape index (κ3) is 3.08. The maximum absolute atomic E-state index is 5.64. The smallest absolute Gasteiger partial charge is 0.147 e. The Kier molecular flexibility index (Phi) is 3.84. The summed E-state index contributed by atoms with van der Waals surface area (Å²) in [7, 11) is 0. The first-order valence-corrected chi connectivity index (χ1v) is 7.09. The summed E-state index contributed by atoms with van der Waals surface area (Å²) >= 11 is 0. The predicted molar refractivity (Wildman–Crippen MR) is 74.8 cm³/mol. The van der Waals surface area contributed by atoms with Gasteiger partial charge in [-0.15, -0.1) is 10.2 Å². The van der Waals surface area contributed by atoms with Crippen molar-refractivity contribution in [3.8, 4) is 0 Å². The van der Waals surface area contributed by atoms with Gasteiger partial charge in [0, 0.05) is 31.2 Å². The number of rotatable bonds is 5. The topological polar surface area (TPSA) is 59.1 Å². The van der Waals surface area contributed by atoms with Crippen LogP contribution in [0, 0.1) is 0 Å². The van der Waals surface area contributed by atoms with Crippen molar-refractivity contribution in [1.29, 1.82) is 0 Å².